The Balaban J connectivity index is 3.13. The second kappa shape index (κ2) is 2.41. The summed E-state index contributed by atoms with van der Waals surface area (Å²) in [6, 6.07) is 0. The highest BCUT2D eigenvalue weighted by Gasteiger charge is 2.36. The topological polar surface area (TPSA) is 17.8 Å². The molecular weight excluding hydrogens is 181 g/mol. The van der Waals surface area contributed by atoms with Crippen LogP contribution in [-0.2, 0) is 13.2 Å². The molecule has 0 amide bonds. The van der Waals surface area contributed by atoms with Crippen LogP contribution in [0.1, 0.15) is 5.69 Å². The molecule has 0 saturated heterocycles. The fourth-order valence-electron chi connectivity index (χ4n) is 0.652. The van der Waals surface area contributed by atoms with E-state index in [-0.39, 0.29) is 5.02 Å². The molecule has 1 heterocycles. The van der Waals surface area contributed by atoms with Crippen LogP contribution in [0.5, 0.6) is 0 Å². The predicted molar refractivity (Wildman–Crippen MR) is 33.2 cm³/mol. The summed E-state index contributed by atoms with van der Waals surface area (Å²) in [5, 5.41) is 2.77. The van der Waals surface area contributed by atoms with Crippen molar-refractivity contribution in [2.75, 3.05) is 0 Å². The quantitative estimate of drug-likeness (QED) is 0.604. The molecule has 2 nitrogen and oxygen atoms in total. The summed E-state index contributed by atoms with van der Waals surface area (Å²) in [5.41, 5.74) is -1.04. The van der Waals surface area contributed by atoms with Crippen molar-refractivity contribution in [1.82, 2.24) is 9.78 Å². The van der Waals surface area contributed by atoms with Crippen LogP contribution in [-0.4, -0.2) is 9.78 Å². The third-order valence-corrected chi connectivity index (χ3v) is 1.33. The van der Waals surface area contributed by atoms with Crippen molar-refractivity contribution >= 4 is 11.6 Å². The maximum absolute atomic E-state index is 11.9. The summed E-state index contributed by atoms with van der Waals surface area (Å²) in [6.07, 6.45) is -3.36. The first-order chi connectivity index (χ1) is 4.91. The Morgan fingerprint density at radius 1 is 1.55 bits per heavy atom. The average molecular weight is 185 g/mol. The molecule has 0 spiro atoms. The highest BCUT2D eigenvalue weighted by atomic mass is 35.5. The smallest absolute Gasteiger partial charge is 0.274 e. The Bertz CT molecular complexity index is 265. The Kier molecular flexibility index (Phi) is 1.83. The zero-order chi connectivity index (χ0) is 8.65. The van der Waals surface area contributed by atoms with Crippen LogP contribution in [0.3, 0.4) is 0 Å². The van der Waals surface area contributed by atoms with Gasteiger partial charge in [0, 0.05) is 13.2 Å². The Hall–Kier alpha value is -0.710. The Labute approximate surface area is 65.6 Å². The fraction of sp³-hybridized carbons (Fsp3) is 0.400. The van der Waals surface area contributed by atoms with Crippen molar-refractivity contribution < 1.29 is 13.2 Å². The third-order valence-electron chi connectivity index (χ3n) is 1.05. The molecule has 0 aliphatic rings. The average Bonchev–Trinajstić information content (AvgIpc) is 2.08. The SMILES string of the molecule is Cn1cc(Cl)c(C(F)(F)F)n1. The van der Waals surface area contributed by atoms with Crippen LogP contribution < -0.4 is 0 Å². The van der Waals surface area contributed by atoms with Gasteiger partial charge >= 0.3 is 6.18 Å². The number of hydrogen-bond acceptors (Lipinski definition) is 1. The lowest BCUT2D eigenvalue weighted by Gasteiger charge is -2.00. The molecule has 0 radical (unpaired) electrons. The monoisotopic (exact) mass is 184 g/mol. The van der Waals surface area contributed by atoms with Crippen LogP contribution >= 0.6 is 11.6 Å². The molecule has 11 heavy (non-hydrogen) atoms. The number of nitrogens with zero attached hydrogens (tertiary/aromatic N) is 2. The third kappa shape index (κ3) is 1.65. The fourth-order valence-corrected chi connectivity index (χ4v) is 0.938. The highest BCUT2D eigenvalue weighted by Crippen LogP contribution is 2.32. The molecule has 1 aromatic rings. The van der Waals surface area contributed by atoms with Crippen molar-refractivity contribution in [3.8, 4) is 0 Å². The van der Waals surface area contributed by atoms with Gasteiger partial charge in [-0.25, -0.2) is 0 Å². The van der Waals surface area contributed by atoms with Gasteiger partial charge in [-0.2, -0.15) is 18.3 Å². The van der Waals surface area contributed by atoms with E-state index in [1.54, 1.807) is 0 Å². The van der Waals surface area contributed by atoms with Crippen molar-refractivity contribution in [2.45, 2.75) is 6.18 Å². The molecule has 1 aromatic heterocycles. The van der Waals surface area contributed by atoms with E-state index in [1.807, 2.05) is 0 Å². The summed E-state index contributed by atoms with van der Waals surface area (Å²) in [6.45, 7) is 0. The van der Waals surface area contributed by atoms with Crippen molar-refractivity contribution in [3.05, 3.63) is 16.9 Å². The Morgan fingerprint density at radius 3 is 2.27 bits per heavy atom. The van der Waals surface area contributed by atoms with Crippen molar-refractivity contribution in [3.63, 3.8) is 0 Å². The normalized spacial score (nSPS) is 12.1. The zero-order valence-electron chi connectivity index (χ0n) is 5.48. The van der Waals surface area contributed by atoms with Gasteiger partial charge in [0.05, 0.1) is 5.02 Å². The van der Waals surface area contributed by atoms with Gasteiger partial charge in [-0.15, -0.1) is 0 Å². The molecular formula is C5H4ClF3N2. The van der Waals surface area contributed by atoms with Crippen molar-refractivity contribution in [2.24, 2.45) is 7.05 Å². The van der Waals surface area contributed by atoms with E-state index >= 15 is 0 Å². The number of hydrogen-bond donors (Lipinski definition) is 0. The van der Waals surface area contributed by atoms with Crippen LogP contribution in [0, 0.1) is 0 Å². The zero-order valence-corrected chi connectivity index (χ0v) is 6.24. The lowest BCUT2D eigenvalue weighted by molar-refractivity contribution is -0.141. The maximum Gasteiger partial charge on any atom is 0.436 e. The van der Waals surface area contributed by atoms with Gasteiger partial charge in [0.25, 0.3) is 0 Å². The molecule has 0 saturated carbocycles. The standard InChI is InChI=1S/C5H4ClF3N2/c1-11-2-3(6)4(10-11)5(7,8)9/h2H,1H3. The van der Waals surface area contributed by atoms with E-state index in [1.165, 1.54) is 7.05 Å². The number of alkyl halides is 3. The summed E-state index contributed by atoms with van der Waals surface area (Å²) >= 11 is 5.23. The minimum atomic E-state index is -4.46. The van der Waals surface area contributed by atoms with E-state index in [9.17, 15) is 13.2 Å². The molecule has 0 atom stereocenters. The largest absolute Gasteiger partial charge is 0.436 e. The molecule has 0 aliphatic heterocycles. The summed E-state index contributed by atoms with van der Waals surface area (Å²) in [4.78, 5) is 0. The van der Waals surface area contributed by atoms with E-state index < -0.39 is 11.9 Å². The predicted octanol–water partition coefficient (Wildman–Crippen LogP) is 2.09. The van der Waals surface area contributed by atoms with Crippen LogP contribution in [0.4, 0.5) is 13.2 Å². The van der Waals surface area contributed by atoms with E-state index in [4.69, 9.17) is 11.6 Å². The molecule has 0 N–H and O–H groups in total. The molecule has 0 bridgehead atoms. The van der Waals surface area contributed by atoms with Gasteiger partial charge in [-0.1, -0.05) is 11.6 Å². The van der Waals surface area contributed by atoms with Crippen molar-refractivity contribution in [1.29, 1.82) is 0 Å². The minimum absolute atomic E-state index is 0.375. The maximum atomic E-state index is 11.9. The molecule has 62 valence electrons. The second-order valence-corrected chi connectivity index (χ2v) is 2.40. The van der Waals surface area contributed by atoms with Gasteiger partial charge in [0.15, 0.2) is 5.69 Å². The molecule has 0 unspecified atom stereocenters. The van der Waals surface area contributed by atoms with Gasteiger partial charge in [-0.05, 0) is 0 Å². The lowest BCUT2D eigenvalue weighted by atomic mass is 10.4. The first-order valence-electron chi connectivity index (χ1n) is 2.67. The van der Waals surface area contributed by atoms with Crippen LogP contribution in [0.25, 0.3) is 0 Å². The molecule has 0 fully saturated rings. The molecule has 0 aromatic carbocycles. The summed E-state index contributed by atoms with van der Waals surface area (Å²) < 4.78 is 36.7. The number of aryl methyl sites for hydroxylation is 1. The second-order valence-electron chi connectivity index (χ2n) is 2.00. The molecule has 0 aliphatic carbocycles. The van der Waals surface area contributed by atoms with E-state index in [0.29, 0.717) is 0 Å². The van der Waals surface area contributed by atoms with Gasteiger partial charge in [-0.3, -0.25) is 4.68 Å². The number of halogens is 4. The molecule has 1 rings (SSSR count). The highest BCUT2D eigenvalue weighted by molar-refractivity contribution is 6.31. The molecule has 6 heteroatoms. The first kappa shape index (κ1) is 8.39. The Morgan fingerprint density at radius 2 is 2.09 bits per heavy atom. The lowest BCUT2D eigenvalue weighted by Crippen LogP contribution is -2.07. The van der Waals surface area contributed by atoms with E-state index in [0.717, 1.165) is 10.9 Å². The van der Waals surface area contributed by atoms with Gasteiger partial charge in [0.2, 0.25) is 0 Å². The number of rotatable bonds is 0. The van der Waals surface area contributed by atoms with E-state index in [2.05, 4.69) is 5.10 Å². The van der Waals surface area contributed by atoms with Crippen LogP contribution in [0.15, 0.2) is 6.20 Å². The first-order valence-corrected chi connectivity index (χ1v) is 3.05. The summed E-state index contributed by atoms with van der Waals surface area (Å²) in [7, 11) is 1.38. The number of aromatic nitrogens is 2. The van der Waals surface area contributed by atoms with Gasteiger partial charge < -0.3 is 0 Å². The van der Waals surface area contributed by atoms with Crippen LogP contribution in [0.2, 0.25) is 5.02 Å². The van der Waals surface area contributed by atoms with Gasteiger partial charge in [0.1, 0.15) is 0 Å². The minimum Gasteiger partial charge on any atom is -0.274 e. The summed E-state index contributed by atoms with van der Waals surface area (Å²) in [5.74, 6) is 0.